The molecule has 0 saturated heterocycles. The molecule has 4 aromatic rings. The van der Waals surface area contributed by atoms with Crippen LogP contribution in [-0.2, 0) is 0 Å². The van der Waals surface area contributed by atoms with Gasteiger partial charge in [0, 0.05) is 34.6 Å². The molecule has 0 aliphatic carbocycles. The lowest BCUT2D eigenvalue weighted by molar-refractivity contribution is 0.628. The second kappa shape index (κ2) is 6.40. The quantitative estimate of drug-likeness (QED) is 0.539. The molecule has 0 saturated carbocycles. The number of anilines is 1. The van der Waals surface area contributed by atoms with Gasteiger partial charge >= 0.3 is 0 Å². The summed E-state index contributed by atoms with van der Waals surface area (Å²) < 4.78 is 14.2. The first-order chi connectivity index (χ1) is 12.2. The number of pyridine rings is 1. The van der Waals surface area contributed by atoms with Crippen LogP contribution in [0.5, 0.6) is 0 Å². The third kappa shape index (κ3) is 2.87. The normalized spacial score (nSPS) is 12.2. The van der Waals surface area contributed by atoms with Crippen molar-refractivity contribution in [2.75, 3.05) is 5.32 Å². The van der Waals surface area contributed by atoms with Gasteiger partial charge in [-0.15, -0.1) is 0 Å². The summed E-state index contributed by atoms with van der Waals surface area (Å²) in [5.74, 6) is -0.265. The van der Waals surface area contributed by atoms with Crippen molar-refractivity contribution < 1.29 is 4.39 Å². The molecule has 0 bridgehead atoms. The smallest absolute Gasteiger partial charge is 0.146 e. The second-order valence-electron chi connectivity index (χ2n) is 6.05. The lowest BCUT2D eigenvalue weighted by atomic mass is 9.96. The Balaban J connectivity index is 1.88. The van der Waals surface area contributed by atoms with E-state index in [4.69, 9.17) is 0 Å². The summed E-state index contributed by atoms with van der Waals surface area (Å²) in [7, 11) is 0. The van der Waals surface area contributed by atoms with E-state index in [1.54, 1.807) is 24.5 Å². The maximum absolute atomic E-state index is 14.2. The number of benzene rings is 2. The monoisotopic (exact) mass is 331 g/mol. The maximum atomic E-state index is 14.2. The zero-order valence-corrected chi connectivity index (χ0v) is 13.8. The fourth-order valence-electron chi connectivity index (χ4n) is 3.28. The van der Waals surface area contributed by atoms with Crippen LogP contribution in [0.25, 0.3) is 10.9 Å². The average Bonchev–Trinajstić information content (AvgIpc) is 2.97. The fraction of sp³-hybridized carbons (Fsp3) is 0.0952. The number of H-pyrrole nitrogens is 1. The van der Waals surface area contributed by atoms with Gasteiger partial charge in [0.15, 0.2) is 0 Å². The summed E-state index contributed by atoms with van der Waals surface area (Å²) in [4.78, 5) is 7.54. The van der Waals surface area contributed by atoms with Gasteiger partial charge in [-0.1, -0.05) is 30.3 Å². The van der Waals surface area contributed by atoms with Crippen LogP contribution in [0.15, 0.2) is 73.1 Å². The largest absolute Gasteiger partial charge is 0.372 e. The number of halogens is 1. The lowest BCUT2D eigenvalue weighted by Gasteiger charge is -2.21. The standard InChI is InChI=1S/C21H18FN3/c1-14-20(16-6-2-4-8-18(16)24-14)21(15-10-12-23-13-11-15)25-19-9-5-3-7-17(19)22/h2-13,21,24-25H,1H3/t21-/m0/s1. The Morgan fingerprint density at radius 3 is 2.48 bits per heavy atom. The SMILES string of the molecule is Cc1[nH]c2ccccc2c1[C@@H](Nc1ccccc1F)c1ccncc1. The van der Waals surface area contributed by atoms with Gasteiger partial charge in [-0.05, 0) is 42.8 Å². The van der Waals surface area contributed by atoms with E-state index in [0.717, 1.165) is 27.7 Å². The molecule has 0 amide bonds. The van der Waals surface area contributed by atoms with Crippen molar-refractivity contribution in [3.63, 3.8) is 0 Å². The Labute approximate surface area is 145 Å². The number of hydrogen-bond donors (Lipinski definition) is 2. The summed E-state index contributed by atoms with van der Waals surface area (Å²) in [5, 5.41) is 4.51. The Morgan fingerprint density at radius 1 is 0.960 bits per heavy atom. The number of aromatic amines is 1. The van der Waals surface area contributed by atoms with Crippen molar-refractivity contribution in [1.82, 2.24) is 9.97 Å². The molecule has 0 radical (unpaired) electrons. The number of aryl methyl sites for hydroxylation is 1. The van der Waals surface area contributed by atoms with Crippen LogP contribution in [0.4, 0.5) is 10.1 Å². The molecular weight excluding hydrogens is 313 g/mol. The predicted octanol–water partition coefficient (Wildman–Crippen LogP) is 5.21. The number of nitrogens with one attached hydrogen (secondary N) is 2. The molecule has 2 heterocycles. The minimum absolute atomic E-state index is 0.184. The van der Waals surface area contributed by atoms with Crippen molar-refractivity contribution in [2.45, 2.75) is 13.0 Å². The molecule has 0 fully saturated rings. The highest BCUT2D eigenvalue weighted by Crippen LogP contribution is 2.34. The minimum atomic E-state index is -0.265. The summed E-state index contributed by atoms with van der Waals surface area (Å²) in [6.07, 6.45) is 3.52. The highest BCUT2D eigenvalue weighted by Gasteiger charge is 2.21. The van der Waals surface area contributed by atoms with Crippen LogP contribution in [0, 0.1) is 12.7 Å². The van der Waals surface area contributed by atoms with E-state index in [2.05, 4.69) is 27.4 Å². The number of fused-ring (bicyclic) bond motifs is 1. The maximum Gasteiger partial charge on any atom is 0.146 e. The number of aromatic nitrogens is 2. The van der Waals surface area contributed by atoms with Gasteiger partial charge < -0.3 is 10.3 Å². The molecule has 2 N–H and O–H groups in total. The van der Waals surface area contributed by atoms with Crippen LogP contribution >= 0.6 is 0 Å². The zero-order valence-electron chi connectivity index (χ0n) is 13.8. The van der Waals surface area contributed by atoms with Gasteiger partial charge in [0.25, 0.3) is 0 Å². The molecule has 0 aliphatic rings. The Bertz CT molecular complexity index is 1010. The Hall–Kier alpha value is -3.14. The molecule has 0 spiro atoms. The van der Waals surface area contributed by atoms with Gasteiger partial charge in [0.1, 0.15) is 5.82 Å². The average molecular weight is 331 g/mol. The van der Waals surface area contributed by atoms with E-state index >= 15 is 0 Å². The van der Waals surface area contributed by atoms with Gasteiger partial charge in [0.05, 0.1) is 11.7 Å². The molecule has 25 heavy (non-hydrogen) atoms. The first kappa shape index (κ1) is 15.4. The second-order valence-corrected chi connectivity index (χ2v) is 6.05. The van der Waals surface area contributed by atoms with Crippen LogP contribution in [0.3, 0.4) is 0 Å². The topological polar surface area (TPSA) is 40.7 Å². The van der Waals surface area contributed by atoms with Crippen molar-refractivity contribution in [2.24, 2.45) is 0 Å². The minimum Gasteiger partial charge on any atom is -0.372 e. The van der Waals surface area contributed by atoms with E-state index in [1.807, 2.05) is 37.3 Å². The van der Waals surface area contributed by atoms with Crippen molar-refractivity contribution >= 4 is 16.6 Å². The highest BCUT2D eigenvalue weighted by atomic mass is 19.1. The van der Waals surface area contributed by atoms with Gasteiger partial charge in [0.2, 0.25) is 0 Å². The van der Waals surface area contributed by atoms with Crippen molar-refractivity contribution in [1.29, 1.82) is 0 Å². The molecule has 4 heteroatoms. The van der Waals surface area contributed by atoms with Crippen molar-refractivity contribution in [3.8, 4) is 0 Å². The molecule has 124 valence electrons. The Morgan fingerprint density at radius 2 is 1.68 bits per heavy atom. The molecule has 2 aromatic carbocycles. The van der Waals surface area contributed by atoms with Crippen LogP contribution < -0.4 is 5.32 Å². The fourth-order valence-corrected chi connectivity index (χ4v) is 3.28. The molecule has 2 aromatic heterocycles. The highest BCUT2D eigenvalue weighted by molar-refractivity contribution is 5.86. The number of para-hydroxylation sites is 2. The molecule has 3 nitrogen and oxygen atoms in total. The van der Waals surface area contributed by atoms with Gasteiger partial charge in [-0.2, -0.15) is 0 Å². The first-order valence-electron chi connectivity index (χ1n) is 8.22. The van der Waals surface area contributed by atoms with Crippen LogP contribution in [-0.4, -0.2) is 9.97 Å². The first-order valence-corrected chi connectivity index (χ1v) is 8.22. The lowest BCUT2D eigenvalue weighted by Crippen LogP contribution is -2.14. The number of rotatable bonds is 4. The summed E-state index contributed by atoms with van der Waals surface area (Å²) in [6, 6.07) is 18.6. The van der Waals surface area contributed by atoms with Crippen LogP contribution in [0.1, 0.15) is 22.9 Å². The van der Waals surface area contributed by atoms with E-state index in [0.29, 0.717) is 5.69 Å². The summed E-state index contributed by atoms with van der Waals surface area (Å²) >= 11 is 0. The van der Waals surface area contributed by atoms with E-state index in [9.17, 15) is 4.39 Å². The van der Waals surface area contributed by atoms with Crippen LogP contribution in [0.2, 0.25) is 0 Å². The zero-order chi connectivity index (χ0) is 17.2. The summed E-state index contributed by atoms with van der Waals surface area (Å²) in [5.41, 5.74) is 4.77. The van der Waals surface area contributed by atoms with E-state index in [1.165, 1.54) is 6.07 Å². The number of nitrogens with zero attached hydrogens (tertiary/aromatic N) is 1. The molecule has 0 unspecified atom stereocenters. The third-order valence-corrected chi connectivity index (χ3v) is 4.45. The Kier molecular flexibility index (Phi) is 3.94. The number of hydrogen-bond acceptors (Lipinski definition) is 2. The van der Waals surface area contributed by atoms with Crippen molar-refractivity contribution in [3.05, 3.63) is 95.7 Å². The molecule has 4 rings (SSSR count). The van der Waals surface area contributed by atoms with E-state index < -0.39 is 0 Å². The molecule has 1 atom stereocenters. The molecular formula is C21H18FN3. The van der Waals surface area contributed by atoms with Gasteiger partial charge in [-0.3, -0.25) is 4.98 Å². The predicted molar refractivity (Wildman–Crippen MR) is 99.1 cm³/mol. The van der Waals surface area contributed by atoms with Gasteiger partial charge in [-0.25, -0.2) is 4.39 Å². The van der Waals surface area contributed by atoms with E-state index in [-0.39, 0.29) is 11.9 Å². The third-order valence-electron chi connectivity index (χ3n) is 4.45. The molecule has 0 aliphatic heterocycles. The summed E-state index contributed by atoms with van der Waals surface area (Å²) in [6.45, 7) is 2.05.